The van der Waals surface area contributed by atoms with E-state index in [4.69, 9.17) is 9.26 Å². The van der Waals surface area contributed by atoms with E-state index in [0.717, 1.165) is 0 Å². The number of nitrogens with zero attached hydrogens (tertiary/aromatic N) is 5. The van der Waals surface area contributed by atoms with Gasteiger partial charge in [-0.05, 0) is 29.2 Å². The quantitative estimate of drug-likeness (QED) is 0.361. The van der Waals surface area contributed by atoms with Gasteiger partial charge in [0, 0.05) is 19.7 Å². The van der Waals surface area contributed by atoms with Gasteiger partial charge in [-0.3, -0.25) is 0 Å². The van der Waals surface area contributed by atoms with E-state index in [-0.39, 0.29) is 11.7 Å². The highest BCUT2D eigenvalue weighted by molar-refractivity contribution is 5.87. The molecule has 0 saturated heterocycles. The summed E-state index contributed by atoms with van der Waals surface area (Å²) in [4.78, 5) is 14.3. The molecular weight excluding hydrogens is 278 g/mol. The first kappa shape index (κ1) is 14.4. The highest BCUT2D eigenvalue weighted by Crippen LogP contribution is 2.19. The van der Waals surface area contributed by atoms with Gasteiger partial charge in [-0.2, -0.15) is 4.98 Å². The zero-order chi connectivity index (χ0) is 15.4. The molecule has 1 heterocycles. The number of hydrogen-bond acceptors (Lipinski definition) is 8. The number of rotatable bonds is 4. The third-order valence-corrected chi connectivity index (χ3v) is 2.43. The standard InChI is InChI=1S/C12H13N5O4/c1-16(2)14-11(17(18)19)12-13-10(15-21-12)8-4-6-9(20-3)7-5-8/h4-7H,1-3H3/b14-11+. The molecular formula is C12H13N5O4. The van der Waals surface area contributed by atoms with Crippen LogP contribution in [0.2, 0.25) is 0 Å². The Hall–Kier alpha value is -2.97. The summed E-state index contributed by atoms with van der Waals surface area (Å²) in [6.07, 6.45) is 0. The average Bonchev–Trinajstić information content (AvgIpc) is 2.94. The summed E-state index contributed by atoms with van der Waals surface area (Å²) in [5.41, 5.74) is 0.651. The molecule has 0 aliphatic rings. The van der Waals surface area contributed by atoms with Crippen LogP contribution in [0, 0.1) is 10.1 Å². The number of nitro groups is 1. The monoisotopic (exact) mass is 291 g/mol. The van der Waals surface area contributed by atoms with E-state index in [1.165, 1.54) is 5.01 Å². The van der Waals surface area contributed by atoms with E-state index in [2.05, 4.69) is 15.2 Å². The van der Waals surface area contributed by atoms with Gasteiger partial charge in [0.2, 0.25) is 5.82 Å². The SMILES string of the molecule is COc1ccc(-c2noc(/C(=N\N(C)C)[N+](=O)[O-])n2)cc1. The van der Waals surface area contributed by atoms with Gasteiger partial charge in [-0.1, -0.05) is 5.16 Å². The van der Waals surface area contributed by atoms with Crippen LogP contribution in [-0.2, 0) is 0 Å². The van der Waals surface area contributed by atoms with Crippen molar-refractivity contribution in [3.63, 3.8) is 0 Å². The summed E-state index contributed by atoms with van der Waals surface area (Å²) in [5, 5.41) is 19.7. The van der Waals surface area contributed by atoms with Crippen molar-refractivity contribution in [1.82, 2.24) is 15.1 Å². The highest BCUT2D eigenvalue weighted by Gasteiger charge is 2.25. The normalized spacial score (nSPS) is 11.3. The lowest BCUT2D eigenvalue weighted by Crippen LogP contribution is -2.18. The zero-order valence-electron chi connectivity index (χ0n) is 11.7. The van der Waals surface area contributed by atoms with Crippen LogP contribution in [0.4, 0.5) is 0 Å². The Morgan fingerprint density at radius 3 is 2.57 bits per heavy atom. The van der Waals surface area contributed by atoms with Crippen LogP contribution >= 0.6 is 0 Å². The number of methoxy groups -OCH3 is 1. The lowest BCUT2D eigenvalue weighted by Gasteiger charge is -1.99. The molecule has 9 nitrogen and oxygen atoms in total. The number of hydrogen-bond donors (Lipinski definition) is 0. The maximum Gasteiger partial charge on any atom is 0.453 e. The van der Waals surface area contributed by atoms with Crippen LogP contribution in [0.5, 0.6) is 5.75 Å². The van der Waals surface area contributed by atoms with E-state index in [1.807, 2.05) is 0 Å². The Bertz CT molecular complexity index is 663. The van der Waals surface area contributed by atoms with Crippen LogP contribution in [0.3, 0.4) is 0 Å². The summed E-state index contributed by atoms with van der Waals surface area (Å²) in [6, 6.07) is 6.91. The van der Waals surface area contributed by atoms with E-state index in [9.17, 15) is 10.1 Å². The van der Waals surface area contributed by atoms with Crippen molar-refractivity contribution in [3.05, 3.63) is 40.3 Å². The predicted molar refractivity (Wildman–Crippen MR) is 73.5 cm³/mol. The van der Waals surface area contributed by atoms with Gasteiger partial charge in [-0.15, -0.1) is 0 Å². The van der Waals surface area contributed by atoms with E-state index >= 15 is 0 Å². The van der Waals surface area contributed by atoms with Crippen LogP contribution < -0.4 is 4.74 Å². The largest absolute Gasteiger partial charge is 0.497 e. The van der Waals surface area contributed by atoms with Crippen LogP contribution in [-0.4, -0.2) is 47.1 Å². The maximum absolute atomic E-state index is 11.0. The first-order chi connectivity index (χ1) is 10.0. The van der Waals surface area contributed by atoms with Crippen molar-refractivity contribution in [3.8, 4) is 17.1 Å². The molecule has 0 saturated carbocycles. The van der Waals surface area contributed by atoms with Crippen LogP contribution in [0.15, 0.2) is 33.9 Å². The average molecular weight is 291 g/mol. The molecule has 0 aliphatic carbocycles. The zero-order valence-corrected chi connectivity index (χ0v) is 11.7. The number of ether oxygens (including phenoxy) is 1. The van der Waals surface area contributed by atoms with Crippen LogP contribution in [0.1, 0.15) is 5.89 Å². The second-order valence-corrected chi connectivity index (χ2v) is 4.18. The van der Waals surface area contributed by atoms with E-state index < -0.39 is 10.8 Å². The van der Waals surface area contributed by atoms with Crippen molar-refractivity contribution in [2.24, 2.45) is 5.10 Å². The Kier molecular flexibility index (Phi) is 4.12. The van der Waals surface area contributed by atoms with Crippen molar-refractivity contribution >= 4 is 5.84 Å². The maximum atomic E-state index is 11.0. The molecule has 0 aliphatic heterocycles. The lowest BCUT2D eigenvalue weighted by molar-refractivity contribution is -0.351. The third-order valence-electron chi connectivity index (χ3n) is 2.43. The number of amidine groups is 1. The molecule has 0 atom stereocenters. The first-order valence-electron chi connectivity index (χ1n) is 5.90. The second-order valence-electron chi connectivity index (χ2n) is 4.18. The van der Waals surface area contributed by atoms with Gasteiger partial charge >= 0.3 is 11.7 Å². The van der Waals surface area contributed by atoms with Crippen molar-refractivity contribution in [2.75, 3.05) is 21.2 Å². The topological polar surface area (TPSA) is 107 Å². The minimum atomic E-state index is -0.675. The molecule has 2 aromatic rings. The molecule has 0 bridgehead atoms. The summed E-state index contributed by atoms with van der Waals surface area (Å²) in [7, 11) is 4.68. The van der Waals surface area contributed by atoms with Crippen molar-refractivity contribution in [1.29, 1.82) is 0 Å². The summed E-state index contributed by atoms with van der Waals surface area (Å²) >= 11 is 0. The fourth-order valence-electron chi connectivity index (χ4n) is 1.52. The molecule has 110 valence electrons. The number of benzene rings is 1. The summed E-state index contributed by atoms with van der Waals surface area (Å²) < 4.78 is 9.95. The molecule has 0 unspecified atom stereocenters. The minimum absolute atomic E-state index is 0.237. The molecule has 21 heavy (non-hydrogen) atoms. The van der Waals surface area contributed by atoms with E-state index in [1.54, 1.807) is 45.5 Å². The Labute approximate surface area is 120 Å². The molecule has 0 N–H and O–H groups in total. The van der Waals surface area contributed by atoms with Crippen molar-refractivity contribution < 1.29 is 14.2 Å². The number of aromatic nitrogens is 2. The van der Waals surface area contributed by atoms with Crippen molar-refractivity contribution in [2.45, 2.75) is 0 Å². The third kappa shape index (κ3) is 3.32. The molecule has 9 heteroatoms. The smallest absolute Gasteiger partial charge is 0.453 e. The molecule has 1 aromatic heterocycles. The van der Waals surface area contributed by atoms with E-state index in [0.29, 0.717) is 11.3 Å². The Morgan fingerprint density at radius 2 is 2.05 bits per heavy atom. The predicted octanol–water partition coefficient (Wildman–Crippen LogP) is 1.25. The highest BCUT2D eigenvalue weighted by atomic mass is 16.6. The first-order valence-corrected chi connectivity index (χ1v) is 5.90. The minimum Gasteiger partial charge on any atom is -0.497 e. The molecule has 0 spiro atoms. The molecule has 0 amide bonds. The van der Waals surface area contributed by atoms with Gasteiger partial charge in [-0.25, -0.2) is 5.01 Å². The fraction of sp³-hybridized carbons (Fsp3) is 0.250. The second kappa shape index (κ2) is 5.99. The molecule has 0 radical (unpaired) electrons. The van der Waals surface area contributed by atoms with Gasteiger partial charge in [0.25, 0.3) is 0 Å². The Balaban J connectivity index is 2.33. The molecule has 1 aromatic carbocycles. The fourth-order valence-corrected chi connectivity index (χ4v) is 1.52. The molecule has 0 fully saturated rings. The van der Waals surface area contributed by atoms with Crippen LogP contribution in [0.25, 0.3) is 11.4 Å². The summed E-state index contributed by atoms with van der Waals surface area (Å²) in [5.74, 6) is 0.162. The van der Waals surface area contributed by atoms with Gasteiger partial charge < -0.3 is 19.4 Å². The lowest BCUT2D eigenvalue weighted by atomic mass is 10.2. The van der Waals surface area contributed by atoms with Gasteiger partial charge in [0.1, 0.15) is 5.75 Å². The Morgan fingerprint density at radius 1 is 1.38 bits per heavy atom. The molecule has 2 rings (SSSR count). The van der Waals surface area contributed by atoms with Gasteiger partial charge in [0.15, 0.2) is 0 Å². The van der Waals surface area contributed by atoms with Gasteiger partial charge in [0.05, 0.1) is 12.2 Å². The summed E-state index contributed by atoms with van der Waals surface area (Å²) in [6.45, 7) is 0. The number of hydrazone groups is 1.